The molecule has 2 nitrogen and oxygen atoms in total. The van der Waals surface area contributed by atoms with E-state index in [9.17, 15) is 17.7 Å². The fraction of sp³-hybridized carbons (Fsp3) is 1.00. The normalized spacial score (nSPS) is 16.1. The van der Waals surface area contributed by atoms with E-state index in [4.69, 9.17) is 0 Å². The second kappa shape index (κ2) is 2.56. The van der Waals surface area contributed by atoms with E-state index in [0.29, 0.717) is 0 Å². The van der Waals surface area contributed by atoms with Gasteiger partial charge in [-0.25, -0.2) is 0 Å². The van der Waals surface area contributed by atoms with E-state index in [1.807, 2.05) is 0 Å². The number of alkyl halides is 3. The van der Waals surface area contributed by atoms with Crippen molar-refractivity contribution in [2.75, 3.05) is 5.75 Å². The molecule has 0 aromatic carbocycles. The third-order valence-corrected chi connectivity index (χ3v) is 0.918. The number of hydrogen-bond acceptors (Lipinski definition) is 2. The zero-order chi connectivity index (χ0) is 6.78. The van der Waals surface area contributed by atoms with Gasteiger partial charge in [0.15, 0.2) is 0 Å². The molecule has 0 heterocycles. The number of nitrogens with two attached hydrogens (primary N) is 1. The summed E-state index contributed by atoms with van der Waals surface area (Å²) in [6.07, 6.45) is -4.40. The summed E-state index contributed by atoms with van der Waals surface area (Å²) < 4.78 is 42.7. The Labute approximate surface area is 47.2 Å². The fourth-order valence-corrected chi connectivity index (χ4v) is 0.484. The first-order valence-electron chi connectivity index (χ1n) is 1.61. The average molecular weight is 147 g/mol. The smallest absolute Gasteiger partial charge is 0.435 e. The Morgan fingerprint density at radius 1 is 1.50 bits per heavy atom. The predicted molar refractivity (Wildman–Crippen MR) is 23.3 cm³/mol. The lowest BCUT2D eigenvalue weighted by Crippen LogP contribution is -2.28. The molecule has 0 fully saturated rings. The van der Waals surface area contributed by atoms with Crippen molar-refractivity contribution in [1.82, 2.24) is 0 Å². The molecule has 2 N–H and O–H groups in total. The predicted octanol–water partition coefficient (Wildman–Crippen LogP) is 0.171. The third-order valence-electron chi connectivity index (χ3n) is 0.306. The monoisotopic (exact) mass is 147 g/mol. The summed E-state index contributed by atoms with van der Waals surface area (Å²) in [7, 11) is 0. The van der Waals surface area contributed by atoms with Crippen molar-refractivity contribution in [1.29, 1.82) is 0 Å². The molecule has 0 saturated heterocycles. The molecule has 8 heavy (non-hydrogen) atoms. The van der Waals surface area contributed by atoms with Crippen LogP contribution >= 0.6 is 0 Å². The molecule has 0 spiro atoms. The molecule has 50 valence electrons. The van der Waals surface area contributed by atoms with Gasteiger partial charge >= 0.3 is 6.18 Å². The zero-order valence-electron chi connectivity index (χ0n) is 3.73. The molecule has 0 radical (unpaired) electrons. The van der Waals surface area contributed by atoms with Gasteiger partial charge in [0.1, 0.15) is 0 Å². The number of hydrogen-bond donors (Lipinski definition) is 1. The van der Waals surface area contributed by atoms with E-state index in [-0.39, 0.29) is 0 Å². The summed E-state index contributed by atoms with van der Waals surface area (Å²) in [5.41, 5.74) is 0. The third kappa shape index (κ3) is 6.06. The van der Waals surface area contributed by atoms with E-state index in [1.54, 1.807) is 0 Å². The van der Waals surface area contributed by atoms with Gasteiger partial charge in [-0.15, -0.1) is 0 Å². The van der Waals surface area contributed by atoms with Gasteiger partial charge in [-0.2, -0.15) is 18.3 Å². The highest BCUT2D eigenvalue weighted by Gasteiger charge is 2.33. The van der Waals surface area contributed by atoms with E-state index in [0.717, 1.165) is 0 Å². The second-order valence-electron chi connectivity index (χ2n) is 1.14. The van der Waals surface area contributed by atoms with Crippen LogP contribution in [0.4, 0.5) is 13.2 Å². The Hall–Kier alpha value is 0.0600. The van der Waals surface area contributed by atoms with Gasteiger partial charge in [0, 0.05) is 11.4 Å². The largest absolute Gasteiger partial charge is 0.598 e. The summed E-state index contributed by atoms with van der Waals surface area (Å²) in [5.74, 6) is -1.42. The summed E-state index contributed by atoms with van der Waals surface area (Å²) in [6.45, 7) is 0. The Morgan fingerprint density at radius 3 is 1.88 bits per heavy atom. The van der Waals surface area contributed by atoms with E-state index in [1.165, 1.54) is 0 Å². The molecule has 1 atom stereocenters. The molecule has 0 rings (SSSR count). The molecule has 0 saturated carbocycles. The molecule has 0 aliphatic heterocycles. The van der Waals surface area contributed by atoms with Crippen molar-refractivity contribution in [2.45, 2.75) is 6.18 Å². The summed E-state index contributed by atoms with van der Waals surface area (Å²) in [5, 5.41) is 4.33. The van der Waals surface area contributed by atoms with E-state index >= 15 is 0 Å². The van der Waals surface area contributed by atoms with Crippen LogP contribution in [0.1, 0.15) is 0 Å². The molecule has 0 aromatic rings. The summed E-state index contributed by atoms with van der Waals surface area (Å²) in [4.78, 5) is 0. The Balaban J connectivity index is 3.39. The van der Waals surface area contributed by atoms with Gasteiger partial charge in [-0.3, -0.25) is 0 Å². The van der Waals surface area contributed by atoms with Crippen molar-refractivity contribution in [2.24, 2.45) is 5.14 Å². The van der Waals surface area contributed by atoms with Gasteiger partial charge < -0.3 is 4.55 Å². The fourth-order valence-electron chi connectivity index (χ4n) is 0.161. The molecule has 0 amide bonds. The highest BCUT2D eigenvalue weighted by molar-refractivity contribution is 7.89. The van der Waals surface area contributed by atoms with Gasteiger partial charge in [0.25, 0.3) is 0 Å². The molecule has 0 bridgehead atoms. The molecule has 0 aromatic heterocycles. The van der Waals surface area contributed by atoms with Gasteiger partial charge in [-0.05, 0) is 0 Å². The number of rotatable bonds is 1. The molecular formula is C2H4F3NOS. The van der Waals surface area contributed by atoms with Crippen molar-refractivity contribution >= 4 is 11.4 Å². The minimum Gasteiger partial charge on any atom is -0.598 e. The van der Waals surface area contributed by atoms with Crippen LogP contribution < -0.4 is 5.14 Å². The van der Waals surface area contributed by atoms with Crippen LogP contribution in [0.5, 0.6) is 0 Å². The van der Waals surface area contributed by atoms with Crippen LogP contribution in [-0.4, -0.2) is 16.5 Å². The van der Waals surface area contributed by atoms with Crippen molar-refractivity contribution in [3.8, 4) is 0 Å². The SMILES string of the molecule is N[S+]([O-])CC(F)(F)F. The minimum absolute atomic E-state index is 1.42. The summed E-state index contributed by atoms with van der Waals surface area (Å²) in [6, 6.07) is 0. The highest BCUT2D eigenvalue weighted by atomic mass is 32.2. The van der Waals surface area contributed by atoms with Gasteiger partial charge in [0.2, 0.25) is 5.75 Å². The van der Waals surface area contributed by atoms with Crippen LogP contribution in [0.15, 0.2) is 0 Å². The Kier molecular flexibility index (Phi) is 2.58. The van der Waals surface area contributed by atoms with Gasteiger partial charge in [-0.1, -0.05) is 0 Å². The standard InChI is InChI=1S/C2H4F3NOS/c3-2(4,5)1-8(6)7/h1,6H2. The number of halogens is 3. The Bertz CT molecular complexity index is 72.2. The Morgan fingerprint density at radius 2 is 1.88 bits per heavy atom. The zero-order valence-corrected chi connectivity index (χ0v) is 4.55. The van der Waals surface area contributed by atoms with E-state index in [2.05, 4.69) is 5.14 Å². The van der Waals surface area contributed by atoms with Crippen LogP contribution in [-0.2, 0) is 11.4 Å². The minimum atomic E-state index is -4.40. The van der Waals surface area contributed by atoms with Crippen molar-refractivity contribution in [3.63, 3.8) is 0 Å². The maximum Gasteiger partial charge on any atom is 0.435 e. The van der Waals surface area contributed by atoms with Crippen LogP contribution in [0.3, 0.4) is 0 Å². The topological polar surface area (TPSA) is 49.1 Å². The summed E-state index contributed by atoms with van der Waals surface area (Å²) >= 11 is -2.26. The molecule has 0 aliphatic rings. The lowest BCUT2D eigenvalue weighted by Gasteiger charge is -2.05. The van der Waals surface area contributed by atoms with Crippen LogP contribution in [0, 0.1) is 0 Å². The average Bonchev–Trinajstić information content (AvgIpc) is 1.21. The molecule has 6 heteroatoms. The maximum atomic E-state index is 11.0. The maximum absolute atomic E-state index is 11.0. The van der Waals surface area contributed by atoms with Crippen LogP contribution in [0.2, 0.25) is 0 Å². The first-order chi connectivity index (χ1) is 3.42. The van der Waals surface area contributed by atoms with E-state index < -0.39 is 23.3 Å². The lowest BCUT2D eigenvalue weighted by molar-refractivity contribution is -0.106. The first-order valence-corrected chi connectivity index (χ1v) is 2.99. The quantitative estimate of drug-likeness (QED) is 0.537. The first kappa shape index (κ1) is 8.06. The second-order valence-corrected chi connectivity index (χ2v) is 2.19. The molecule has 0 aliphatic carbocycles. The van der Waals surface area contributed by atoms with Gasteiger partial charge in [0.05, 0.1) is 0 Å². The van der Waals surface area contributed by atoms with Crippen molar-refractivity contribution in [3.05, 3.63) is 0 Å². The van der Waals surface area contributed by atoms with Crippen LogP contribution in [0.25, 0.3) is 0 Å². The highest BCUT2D eigenvalue weighted by Crippen LogP contribution is 2.15. The lowest BCUT2D eigenvalue weighted by atomic mass is 10.8. The van der Waals surface area contributed by atoms with Crippen molar-refractivity contribution < 1.29 is 17.7 Å². The molecular weight excluding hydrogens is 143 g/mol. The molecule has 1 unspecified atom stereocenters.